The van der Waals surface area contributed by atoms with E-state index in [0.29, 0.717) is 59.1 Å². The van der Waals surface area contributed by atoms with Crippen LogP contribution in [0.4, 0.5) is 28.8 Å². The predicted molar refractivity (Wildman–Crippen MR) is 150 cm³/mol. The summed E-state index contributed by atoms with van der Waals surface area (Å²) in [6.45, 7) is 3.40. The number of aromatic nitrogens is 3. The molecule has 0 atom stereocenters. The van der Waals surface area contributed by atoms with Crippen molar-refractivity contribution in [3.05, 3.63) is 46.3 Å². The highest BCUT2D eigenvalue weighted by Crippen LogP contribution is 2.38. The zero-order valence-corrected chi connectivity index (χ0v) is 22.3. The molecule has 0 aliphatic carbocycles. The number of nitrogens with one attached hydrogen (secondary N) is 3. The summed E-state index contributed by atoms with van der Waals surface area (Å²) in [6.07, 6.45) is 3.53. The van der Waals surface area contributed by atoms with E-state index in [2.05, 4.69) is 20.6 Å². The lowest BCUT2D eigenvalue weighted by Crippen LogP contribution is -2.40. The number of H-pyrrole nitrogens is 1. The first kappa shape index (κ1) is 25.5. The molecule has 0 bridgehead atoms. The van der Waals surface area contributed by atoms with Gasteiger partial charge in [0.05, 0.1) is 29.9 Å². The van der Waals surface area contributed by atoms with Crippen LogP contribution in [0.1, 0.15) is 28.6 Å². The number of aryl methyl sites for hydroxylation is 1. The van der Waals surface area contributed by atoms with Gasteiger partial charge in [0.15, 0.2) is 0 Å². The van der Waals surface area contributed by atoms with E-state index in [1.54, 1.807) is 17.6 Å². The minimum absolute atomic E-state index is 0.0441. The van der Waals surface area contributed by atoms with Gasteiger partial charge in [0, 0.05) is 18.4 Å². The Bertz CT molecular complexity index is 1500. The summed E-state index contributed by atoms with van der Waals surface area (Å²) >= 11 is 1.26. The van der Waals surface area contributed by atoms with Gasteiger partial charge in [-0.05, 0) is 69.1 Å². The van der Waals surface area contributed by atoms with Crippen molar-refractivity contribution in [2.45, 2.75) is 19.8 Å². The summed E-state index contributed by atoms with van der Waals surface area (Å²) < 4.78 is 5.96. The summed E-state index contributed by atoms with van der Waals surface area (Å²) in [5, 5.41) is 9.08. The number of benzene rings is 1. The lowest BCUT2D eigenvalue weighted by Gasteiger charge is -2.31. The van der Waals surface area contributed by atoms with Crippen LogP contribution >= 0.6 is 11.3 Å². The maximum Gasteiger partial charge on any atom is 0.260 e. The number of nitrogens with two attached hydrogens (primary N) is 1. The smallest absolute Gasteiger partial charge is 0.260 e. The van der Waals surface area contributed by atoms with Crippen molar-refractivity contribution in [2.75, 3.05) is 49.3 Å². The van der Waals surface area contributed by atoms with Crippen molar-refractivity contribution in [1.82, 2.24) is 19.9 Å². The molecular weight excluding hydrogens is 504 g/mol. The fourth-order valence-corrected chi connectivity index (χ4v) is 5.24. The maximum absolute atomic E-state index is 13.0. The normalized spacial score (nSPS) is 13.0. The zero-order chi connectivity index (χ0) is 26.8. The highest BCUT2D eigenvalue weighted by atomic mass is 32.1. The molecule has 0 saturated carbocycles. The number of hydrogen-bond acceptors (Lipinski definition) is 9. The lowest BCUT2D eigenvalue weighted by molar-refractivity contribution is -0.119. The number of rotatable bonds is 9. The predicted octanol–water partition coefficient (Wildman–Crippen LogP) is 3.85. The monoisotopic (exact) mass is 534 g/mol. The van der Waals surface area contributed by atoms with Crippen molar-refractivity contribution in [3.63, 3.8) is 0 Å². The molecule has 4 heterocycles. The molecule has 0 unspecified atom stereocenters. The molecule has 0 radical (unpaired) electrons. The number of ether oxygens (including phenoxy) is 1. The Hall–Kier alpha value is -4.16. The Kier molecular flexibility index (Phi) is 7.16. The molecule has 5 rings (SSSR count). The van der Waals surface area contributed by atoms with Gasteiger partial charge in [-0.2, -0.15) is 9.97 Å². The zero-order valence-electron chi connectivity index (χ0n) is 21.5. The molecule has 1 aliphatic rings. The maximum atomic E-state index is 13.0. The van der Waals surface area contributed by atoms with Crippen LogP contribution in [0.5, 0.6) is 5.75 Å². The first-order valence-corrected chi connectivity index (χ1v) is 13.2. The van der Waals surface area contributed by atoms with E-state index in [4.69, 9.17) is 15.5 Å². The number of fused-ring (bicyclic) bond motifs is 2. The number of aromatic amines is 1. The highest BCUT2D eigenvalue weighted by molar-refractivity contribution is 7.12. The van der Waals surface area contributed by atoms with Gasteiger partial charge in [-0.15, -0.1) is 11.3 Å². The Morgan fingerprint density at radius 2 is 2.05 bits per heavy atom. The lowest BCUT2D eigenvalue weighted by atomic mass is 10.00. The second-order valence-corrected chi connectivity index (χ2v) is 10.1. The second-order valence-electron chi connectivity index (χ2n) is 9.21. The van der Waals surface area contributed by atoms with Crippen LogP contribution in [0.25, 0.3) is 11.0 Å². The van der Waals surface area contributed by atoms with Gasteiger partial charge in [-0.25, -0.2) is 0 Å². The van der Waals surface area contributed by atoms with Crippen molar-refractivity contribution in [2.24, 2.45) is 5.73 Å². The Morgan fingerprint density at radius 1 is 1.21 bits per heavy atom. The standard InChI is InChI=1S/C26H30N8O3S/c1-4-37-20-12-15-6-5-10-34(21(35)14-33(2)3)19(15)13-18(20)30-26-31-24-16(7-9-28-24)25(32-26)29-17-8-11-38-22(17)23(27)36/h7-9,11-13H,4-6,10,14H2,1-3H3,(H2,27,36)(H3,28,29,30,31,32). The Balaban J connectivity index is 1.53. The summed E-state index contributed by atoms with van der Waals surface area (Å²) in [7, 11) is 3.77. The average molecular weight is 535 g/mol. The first-order chi connectivity index (χ1) is 18.3. The van der Waals surface area contributed by atoms with Crippen LogP contribution in [0.3, 0.4) is 0 Å². The summed E-state index contributed by atoms with van der Waals surface area (Å²) in [4.78, 5) is 41.4. The van der Waals surface area contributed by atoms with E-state index in [1.807, 2.05) is 49.0 Å². The van der Waals surface area contributed by atoms with Gasteiger partial charge < -0.3 is 35.9 Å². The molecule has 0 fully saturated rings. The molecular formula is C26H30N8O3S. The number of likely N-dealkylation sites (N-methyl/N-ethyl adjacent to an activating group) is 1. The molecule has 38 heavy (non-hydrogen) atoms. The van der Waals surface area contributed by atoms with E-state index >= 15 is 0 Å². The third-order valence-electron chi connectivity index (χ3n) is 6.16. The topological polar surface area (TPSA) is 142 Å². The molecule has 12 heteroatoms. The first-order valence-electron chi connectivity index (χ1n) is 12.3. The number of primary amides is 1. The van der Waals surface area contributed by atoms with E-state index in [9.17, 15) is 9.59 Å². The van der Waals surface area contributed by atoms with Crippen LogP contribution in [0.2, 0.25) is 0 Å². The van der Waals surface area contributed by atoms with Crippen molar-refractivity contribution >= 4 is 63.0 Å². The van der Waals surface area contributed by atoms with Crippen LogP contribution < -0.4 is 26.0 Å². The van der Waals surface area contributed by atoms with Crippen molar-refractivity contribution < 1.29 is 14.3 Å². The fourth-order valence-electron chi connectivity index (χ4n) is 4.54. The summed E-state index contributed by atoms with van der Waals surface area (Å²) in [5.74, 6) is 1.03. The van der Waals surface area contributed by atoms with E-state index in [1.165, 1.54) is 11.3 Å². The van der Waals surface area contributed by atoms with E-state index < -0.39 is 5.91 Å². The van der Waals surface area contributed by atoms with Gasteiger partial charge in [0.2, 0.25) is 11.9 Å². The molecule has 198 valence electrons. The number of carbonyl (C=O) groups excluding carboxylic acids is 2. The third kappa shape index (κ3) is 5.13. The molecule has 1 aliphatic heterocycles. The number of anilines is 5. The molecule has 2 amide bonds. The van der Waals surface area contributed by atoms with Crippen molar-refractivity contribution in [1.29, 1.82) is 0 Å². The van der Waals surface area contributed by atoms with Crippen LogP contribution in [-0.4, -0.2) is 65.5 Å². The molecule has 5 N–H and O–H groups in total. The van der Waals surface area contributed by atoms with Crippen LogP contribution in [-0.2, 0) is 11.2 Å². The fraction of sp³-hybridized carbons (Fsp3) is 0.308. The Morgan fingerprint density at radius 3 is 2.82 bits per heavy atom. The summed E-state index contributed by atoms with van der Waals surface area (Å²) in [5.41, 5.74) is 9.30. The van der Waals surface area contributed by atoms with Gasteiger partial charge >= 0.3 is 0 Å². The van der Waals surface area contributed by atoms with Gasteiger partial charge in [-0.3, -0.25) is 9.59 Å². The second kappa shape index (κ2) is 10.7. The molecule has 11 nitrogen and oxygen atoms in total. The number of amides is 2. The van der Waals surface area contributed by atoms with E-state index in [-0.39, 0.29) is 5.91 Å². The van der Waals surface area contributed by atoms with Gasteiger partial charge in [0.25, 0.3) is 5.91 Å². The van der Waals surface area contributed by atoms with Crippen LogP contribution in [0.15, 0.2) is 35.8 Å². The number of hydrogen-bond donors (Lipinski definition) is 4. The molecule has 4 aromatic rings. The minimum Gasteiger partial charge on any atom is -0.492 e. The largest absolute Gasteiger partial charge is 0.492 e. The average Bonchev–Trinajstić information content (AvgIpc) is 3.53. The third-order valence-corrected chi connectivity index (χ3v) is 7.09. The Labute approximate surface area is 224 Å². The van der Waals surface area contributed by atoms with Gasteiger partial charge in [0.1, 0.15) is 22.1 Å². The molecule has 1 aromatic carbocycles. The highest BCUT2D eigenvalue weighted by Gasteiger charge is 2.25. The quantitative estimate of drug-likeness (QED) is 0.254. The molecule has 3 aromatic heterocycles. The number of nitrogens with zero attached hydrogens (tertiary/aromatic N) is 4. The summed E-state index contributed by atoms with van der Waals surface area (Å²) in [6, 6.07) is 7.57. The molecule has 0 spiro atoms. The van der Waals surface area contributed by atoms with Gasteiger partial charge in [-0.1, -0.05) is 0 Å². The number of thiophene rings is 1. The van der Waals surface area contributed by atoms with Crippen LogP contribution in [0, 0.1) is 0 Å². The minimum atomic E-state index is -0.510. The van der Waals surface area contributed by atoms with E-state index in [0.717, 1.165) is 29.5 Å². The SMILES string of the molecule is CCOc1cc2c(cc1Nc1nc(Nc3ccsc3C(N)=O)c3cc[nH]c3n1)N(C(=O)CN(C)C)CCC2. The van der Waals surface area contributed by atoms with Crippen molar-refractivity contribution in [3.8, 4) is 5.75 Å². The number of carbonyl (C=O) groups is 2. The molecule has 0 saturated heterocycles.